The van der Waals surface area contributed by atoms with Crippen LogP contribution in [0, 0.1) is 22.7 Å². The van der Waals surface area contributed by atoms with Crippen molar-refractivity contribution in [3.8, 4) is 0 Å². The summed E-state index contributed by atoms with van der Waals surface area (Å²) in [5.41, 5.74) is -1.56. The first-order valence-corrected chi connectivity index (χ1v) is 19.2. The fourth-order valence-electron chi connectivity index (χ4n) is 3.36. The molecule has 0 bridgehead atoms. The molecule has 0 N–H and O–H groups in total. The molecule has 2 atom stereocenters. The molecule has 0 aromatic rings. The minimum absolute atomic E-state index is 0.281. The maximum Gasteiger partial charge on any atom is 0.422 e. The van der Waals surface area contributed by atoms with E-state index < -0.39 is 116 Å². The van der Waals surface area contributed by atoms with E-state index in [9.17, 15) is 89.4 Å². The minimum Gasteiger partial charge on any atom is -0.465 e. The van der Waals surface area contributed by atoms with E-state index in [0.717, 1.165) is 0 Å². The highest BCUT2D eigenvalue weighted by Crippen LogP contribution is 2.36. The Labute approximate surface area is 351 Å². The van der Waals surface area contributed by atoms with Gasteiger partial charge in [-0.15, -0.1) is 0 Å². The normalized spacial score (nSPS) is 13.7. The summed E-state index contributed by atoms with van der Waals surface area (Å²) in [4.78, 5) is 44.3. The highest BCUT2D eigenvalue weighted by atomic mass is 19.4. The average molecular weight is 949 g/mol. The van der Waals surface area contributed by atoms with Gasteiger partial charge in [0.15, 0.2) is 13.2 Å². The van der Waals surface area contributed by atoms with Crippen molar-refractivity contribution in [1.82, 2.24) is 0 Å². The summed E-state index contributed by atoms with van der Waals surface area (Å²) in [5, 5.41) is 0. The van der Waals surface area contributed by atoms with E-state index in [1.807, 2.05) is 0 Å². The Morgan fingerprint density at radius 1 is 0.435 bits per heavy atom. The van der Waals surface area contributed by atoms with Crippen molar-refractivity contribution in [2.24, 2.45) is 22.7 Å². The predicted molar refractivity (Wildman–Crippen MR) is 193 cm³/mol. The van der Waals surface area contributed by atoms with Crippen LogP contribution in [0.2, 0.25) is 0 Å². The zero-order valence-corrected chi connectivity index (χ0v) is 36.4. The zero-order chi connectivity index (χ0) is 50.2. The van der Waals surface area contributed by atoms with E-state index in [1.165, 1.54) is 6.92 Å². The molecule has 0 aliphatic carbocycles. The van der Waals surface area contributed by atoms with Crippen molar-refractivity contribution in [2.45, 2.75) is 170 Å². The molecule has 0 rings (SSSR count). The fourth-order valence-corrected chi connectivity index (χ4v) is 3.36. The number of halogens is 16. The lowest BCUT2D eigenvalue weighted by molar-refractivity contribution is -0.192. The third kappa shape index (κ3) is 39.6. The quantitative estimate of drug-likeness (QED) is 0.0514. The van der Waals surface area contributed by atoms with Crippen LogP contribution < -0.4 is 0 Å². The molecule has 0 saturated carbocycles. The van der Waals surface area contributed by atoms with Gasteiger partial charge < -0.3 is 18.9 Å². The topological polar surface area (TPSA) is 105 Å². The van der Waals surface area contributed by atoms with Crippen molar-refractivity contribution in [1.29, 1.82) is 0 Å². The Kier molecular flexibility index (Phi) is 30.1. The van der Waals surface area contributed by atoms with E-state index in [4.69, 9.17) is 4.74 Å². The van der Waals surface area contributed by atoms with Crippen LogP contribution in [0.3, 0.4) is 0 Å². The van der Waals surface area contributed by atoms with Crippen molar-refractivity contribution < 1.29 is 108 Å². The van der Waals surface area contributed by atoms with E-state index >= 15 is 0 Å². The summed E-state index contributed by atoms with van der Waals surface area (Å²) in [6.45, 7) is 12.9. The molecule has 0 fully saturated rings. The predicted octanol–water partition coefficient (Wildman–Crippen LogP) is 12.9. The van der Waals surface area contributed by atoms with Crippen LogP contribution >= 0.6 is 0 Å². The molecule has 0 saturated heterocycles. The highest BCUT2D eigenvalue weighted by Gasteiger charge is 2.44. The minimum atomic E-state index is -4.90. The summed E-state index contributed by atoms with van der Waals surface area (Å²) in [6, 6.07) is 0. The van der Waals surface area contributed by atoms with Crippen molar-refractivity contribution in [3.63, 3.8) is 0 Å². The van der Waals surface area contributed by atoms with Crippen LogP contribution in [0.4, 0.5) is 70.2 Å². The van der Waals surface area contributed by atoms with E-state index in [0.29, 0.717) is 25.7 Å². The Bertz CT molecular complexity index is 1280. The number of ether oxygens (including phenoxy) is 4. The summed E-state index contributed by atoms with van der Waals surface area (Å²) < 4.78 is 209. The number of carbonyl (C=O) groups is 4. The Hall–Kier alpha value is -3.24. The molecule has 0 radical (unpaired) electrons. The van der Waals surface area contributed by atoms with E-state index in [-0.39, 0.29) is 32.0 Å². The van der Waals surface area contributed by atoms with Crippen LogP contribution in [0.25, 0.3) is 0 Å². The number of carbonyl (C=O) groups excluding carboxylic acids is 4. The third-order valence-corrected chi connectivity index (χ3v) is 8.42. The van der Waals surface area contributed by atoms with Gasteiger partial charge in [0.05, 0.1) is 35.9 Å². The van der Waals surface area contributed by atoms with Gasteiger partial charge in [0.1, 0.15) is 12.8 Å². The molecule has 2 unspecified atom stereocenters. The lowest BCUT2D eigenvalue weighted by Gasteiger charge is -2.21. The molecule has 24 heteroatoms. The molecular formula is C38H60F16O8. The third-order valence-electron chi connectivity index (χ3n) is 8.42. The SMILES string of the molecule is CCC(C)(C)C(=O)OCC(F)(F)F.CCC(C)(C)C(=O)OCCCC(F)(F)CC(F)(F)F.CCC(C)C(=O)OCC(F)(F)F.CCC(C)C(=O)OCCCC(F)(F)CC(F)(F)F. The lowest BCUT2D eigenvalue weighted by Crippen LogP contribution is -2.29. The first kappa shape index (κ1) is 65.4. The van der Waals surface area contributed by atoms with Gasteiger partial charge in [0.25, 0.3) is 11.8 Å². The molecule has 0 amide bonds. The summed E-state index contributed by atoms with van der Waals surface area (Å²) in [6.07, 6.45) is -23.4. The molecular weight excluding hydrogens is 888 g/mol. The second-order valence-corrected chi connectivity index (χ2v) is 15.3. The monoisotopic (exact) mass is 948 g/mol. The Balaban J connectivity index is -0.000000368. The maximum absolute atomic E-state index is 12.9. The van der Waals surface area contributed by atoms with Crippen LogP contribution in [0.15, 0.2) is 0 Å². The fraction of sp³-hybridized carbons (Fsp3) is 0.895. The van der Waals surface area contributed by atoms with Crippen LogP contribution in [-0.2, 0) is 38.1 Å². The van der Waals surface area contributed by atoms with Crippen molar-refractivity contribution >= 4 is 23.9 Å². The first-order valence-electron chi connectivity index (χ1n) is 19.2. The lowest BCUT2D eigenvalue weighted by atomic mass is 9.91. The van der Waals surface area contributed by atoms with Gasteiger partial charge in [0.2, 0.25) is 0 Å². The summed E-state index contributed by atoms with van der Waals surface area (Å²) in [5.74, 6) is -11.1. The standard InChI is InChI=1S/C12H19F5O2.C11H17F5O2.C8H13F3O2.C7H11F3O2/c1-4-10(2,3)9(18)19-7-5-6-11(13,14)8-12(15,16)17;1-3-8(2)9(17)18-6-4-5-10(12,13)7-11(14,15)16;1-4-7(2,3)6(12)13-5-8(9,10)11;1-3-5(2)6(11)12-4-7(8,9)10/h4-8H2,1-3H3;8H,3-7H2,1-2H3;4-5H2,1-3H3;5H,3-4H2,1-2H3. The van der Waals surface area contributed by atoms with Gasteiger partial charge >= 0.3 is 48.6 Å². The van der Waals surface area contributed by atoms with Crippen molar-refractivity contribution in [3.05, 3.63) is 0 Å². The molecule has 8 nitrogen and oxygen atoms in total. The highest BCUT2D eigenvalue weighted by molar-refractivity contribution is 5.76. The molecule has 0 spiro atoms. The number of hydrogen-bond donors (Lipinski definition) is 0. The molecule has 0 aliphatic rings. The molecule has 0 heterocycles. The smallest absolute Gasteiger partial charge is 0.422 e. The number of hydrogen-bond acceptors (Lipinski definition) is 8. The van der Waals surface area contributed by atoms with Gasteiger partial charge in [0, 0.05) is 12.8 Å². The van der Waals surface area contributed by atoms with Crippen LogP contribution in [-0.4, -0.2) is 86.9 Å². The van der Waals surface area contributed by atoms with Crippen molar-refractivity contribution in [2.75, 3.05) is 26.4 Å². The Morgan fingerprint density at radius 3 is 1.02 bits per heavy atom. The van der Waals surface area contributed by atoms with Gasteiger partial charge in [-0.25, -0.2) is 17.6 Å². The maximum atomic E-state index is 12.9. The zero-order valence-electron chi connectivity index (χ0n) is 36.4. The number of rotatable bonds is 20. The van der Waals surface area contributed by atoms with Gasteiger partial charge in [-0.2, -0.15) is 52.7 Å². The summed E-state index contributed by atoms with van der Waals surface area (Å²) in [7, 11) is 0. The van der Waals surface area contributed by atoms with Gasteiger partial charge in [-0.05, 0) is 66.2 Å². The largest absolute Gasteiger partial charge is 0.465 e. The Morgan fingerprint density at radius 2 is 0.726 bits per heavy atom. The summed E-state index contributed by atoms with van der Waals surface area (Å²) >= 11 is 0. The van der Waals surface area contributed by atoms with Gasteiger partial charge in [-0.1, -0.05) is 41.5 Å². The molecule has 0 aliphatic heterocycles. The van der Waals surface area contributed by atoms with Crippen LogP contribution in [0.1, 0.15) is 133 Å². The second-order valence-electron chi connectivity index (χ2n) is 15.3. The molecule has 0 aromatic heterocycles. The van der Waals surface area contributed by atoms with E-state index in [1.54, 1.807) is 62.3 Å². The molecule has 62 heavy (non-hydrogen) atoms. The van der Waals surface area contributed by atoms with E-state index in [2.05, 4.69) is 14.2 Å². The molecule has 372 valence electrons. The number of alkyl halides is 16. The second kappa shape index (κ2) is 28.5. The molecule has 0 aromatic carbocycles. The average Bonchev–Trinajstić information content (AvgIpc) is 3.10. The van der Waals surface area contributed by atoms with Gasteiger partial charge in [-0.3, -0.25) is 19.2 Å². The number of esters is 4. The first-order chi connectivity index (χ1) is 27.5. The van der Waals surface area contributed by atoms with Crippen LogP contribution in [0.5, 0.6) is 0 Å².